The lowest BCUT2D eigenvalue weighted by atomic mass is 10.1. The predicted octanol–water partition coefficient (Wildman–Crippen LogP) is 0.883. The zero-order valence-electron chi connectivity index (χ0n) is 10.2. The summed E-state index contributed by atoms with van der Waals surface area (Å²) in [5.74, 6) is 1.89. The van der Waals surface area contributed by atoms with Crippen LogP contribution in [0.1, 0.15) is 19.3 Å². The summed E-state index contributed by atoms with van der Waals surface area (Å²) in [7, 11) is 4.33. The topological polar surface area (TPSA) is 39.7 Å². The van der Waals surface area contributed by atoms with E-state index in [9.17, 15) is 0 Å². The van der Waals surface area contributed by atoms with Gasteiger partial charge >= 0.3 is 0 Å². The molecular weight excluding hydrogens is 315 g/mol. The second-order valence-corrected chi connectivity index (χ2v) is 4.76. The van der Waals surface area contributed by atoms with Gasteiger partial charge in [-0.2, -0.15) is 0 Å². The van der Waals surface area contributed by atoms with E-state index in [0.717, 1.165) is 37.9 Å². The van der Waals surface area contributed by atoms with E-state index in [1.165, 1.54) is 12.8 Å². The van der Waals surface area contributed by atoms with E-state index in [2.05, 4.69) is 34.6 Å². The molecule has 4 nitrogen and oxygen atoms in total. The molecule has 2 N–H and O–H groups in total. The third-order valence-electron chi connectivity index (χ3n) is 3.21. The quantitative estimate of drug-likeness (QED) is 0.748. The second-order valence-electron chi connectivity index (χ2n) is 4.76. The molecule has 0 amide bonds. The van der Waals surface area contributed by atoms with Gasteiger partial charge in [0.1, 0.15) is 0 Å². The van der Waals surface area contributed by atoms with Crippen LogP contribution in [-0.4, -0.2) is 50.6 Å². The van der Waals surface area contributed by atoms with Gasteiger partial charge in [-0.05, 0) is 39.3 Å². The van der Waals surface area contributed by atoms with E-state index >= 15 is 0 Å². The third kappa shape index (κ3) is 4.08. The molecule has 1 saturated carbocycles. The normalized spacial score (nSPS) is 21.8. The predicted molar refractivity (Wildman–Crippen MR) is 78.5 cm³/mol. The molecule has 2 aliphatic rings. The van der Waals surface area contributed by atoms with Crippen molar-refractivity contribution in [1.82, 2.24) is 15.5 Å². The van der Waals surface area contributed by atoms with Gasteiger partial charge in [-0.3, -0.25) is 4.99 Å². The Kier molecular flexibility index (Phi) is 5.82. The lowest BCUT2D eigenvalue weighted by Gasteiger charge is -2.26. The summed E-state index contributed by atoms with van der Waals surface area (Å²) in [5.41, 5.74) is 0. The van der Waals surface area contributed by atoms with Gasteiger partial charge in [0.05, 0.1) is 0 Å². The highest BCUT2D eigenvalue weighted by Gasteiger charge is 2.32. The van der Waals surface area contributed by atoms with Crippen LogP contribution in [0.5, 0.6) is 0 Å². The SMILES string of the molecule is CN(C)C(CNC1=NCCCN1)C1CC1.I. The number of hydrogen-bond acceptors (Lipinski definition) is 4. The highest BCUT2D eigenvalue weighted by molar-refractivity contribution is 14.0. The monoisotopic (exact) mass is 338 g/mol. The van der Waals surface area contributed by atoms with Crippen LogP contribution in [0.15, 0.2) is 4.99 Å². The number of aliphatic imine (C=N–C) groups is 1. The van der Waals surface area contributed by atoms with Crippen LogP contribution >= 0.6 is 24.0 Å². The molecule has 0 spiro atoms. The maximum absolute atomic E-state index is 4.42. The van der Waals surface area contributed by atoms with Gasteiger partial charge < -0.3 is 15.5 Å². The van der Waals surface area contributed by atoms with E-state index in [1.54, 1.807) is 0 Å². The number of guanidine groups is 1. The minimum absolute atomic E-state index is 0. The number of halogens is 1. The molecule has 1 atom stereocenters. The Bertz CT molecular complexity index is 236. The average molecular weight is 338 g/mol. The van der Waals surface area contributed by atoms with Gasteiger partial charge in [-0.1, -0.05) is 0 Å². The average Bonchev–Trinajstić information content (AvgIpc) is 3.03. The first kappa shape index (κ1) is 14.0. The Labute approximate surface area is 115 Å². The zero-order valence-corrected chi connectivity index (χ0v) is 12.5. The molecule has 0 radical (unpaired) electrons. The first-order valence-corrected chi connectivity index (χ1v) is 5.96. The van der Waals surface area contributed by atoms with Crippen LogP contribution < -0.4 is 10.6 Å². The highest BCUT2D eigenvalue weighted by atomic mass is 127. The van der Waals surface area contributed by atoms with E-state index in [4.69, 9.17) is 0 Å². The maximum atomic E-state index is 4.42. The Balaban J connectivity index is 0.00000128. The fraction of sp³-hybridized carbons (Fsp3) is 0.909. The summed E-state index contributed by atoms with van der Waals surface area (Å²) in [5, 5.41) is 6.71. The van der Waals surface area contributed by atoms with Crippen LogP contribution in [-0.2, 0) is 0 Å². The number of hydrogen-bond donors (Lipinski definition) is 2. The molecule has 94 valence electrons. The Hall–Kier alpha value is -0.0400. The number of rotatable bonds is 4. The molecular formula is C11H23IN4. The highest BCUT2D eigenvalue weighted by Crippen LogP contribution is 2.34. The molecule has 0 saturated heterocycles. The molecule has 1 heterocycles. The van der Waals surface area contributed by atoms with Gasteiger partial charge in [0.2, 0.25) is 0 Å². The molecule has 1 unspecified atom stereocenters. The second kappa shape index (κ2) is 6.64. The van der Waals surface area contributed by atoms with Crippen LogP contribution in [0, 0.1) is 5.92 Å². The minimum atomic E-state index is 0. The first-order chi connectivity index (χ1) is 7.27. The number of likely N-dealkylation sites (N-methyl/N-ethyl adjacent to an activating group) is 1. The molecule has 1 aliphatic carbocycles. The largest absolute Gasteiger partial charge is 0.356 e. The summed E-state index contributed by atoms with van der Waals surface area (Å²) < 4.78 is 0. The van der Waals surface area contributed by atoms with Crippen molar-refractivity contribution in [1.29, 1.82) is 0 Å². The lowest BCUT2D eigenvalue weighted by Crippen LogP contribution is -2.47. The summed E-state index contributed by atoms with van der Waals surface area (Å²) in [6.45, 7) is 3.04. The lowest BCUT2D eigenvalue weighted by molar-refractivity contribution is 0.264. The number of nitrogens with zero attached hydrogens (tertiary/aromatic N) is 2. The van der Waals surface area contributed by atoms with Crippen LogP contribution in [0.3, 0.4) is 0 Å². The van der Waals surface area contributed by atoms with E-state index < -0.39 is 0 Å². The van der Waals surface area contributed by atoms with Gasteiger partial charge in [0, 0.05) is 25.7 Å². The van der Waals surface area contributed by atoms with Gasteiger partial charge in [-0.25, -0.2) is 0 Å². The van der Waals surface area contributed by atoms with Crippen molar-refractivity contribution in [3.05, 3.63) is 0 Å². The Morgan fingerprint density at radius 3 is 2.75 bits per heavy atom. The van der Waals surface area contributed by atoms with Crippen LogP contribution in [0.25, 0.3) is 0 Å². The molecule has 5 heteroatoms. The Morgan fingerprint density at radius 2 is 2.25 bits per heavy atom. The minimum Gasteiger partial charge on any atom is -0.356 e. The van der Waals surface area contributed by atoms with Gasteiger partial charge in [-0.15, -0.1) is 24.0 Å². The molecule has 0 aromatic rings. The Morgan fingerprint density at radius 1 is 1.50 bits per heavy atom. The molecule has 1 fully saturated rings. The maximum Gasteiger partial charge on any atom is 0.191 e. The van der Waals surface area contributed by atoms with Gasteiger partial charge in [0.25, 0.3) is 0 Å². The van der Waals surface area contributed by atoms with E-state index in [-0.39, 0.29) is 24.0 Å². The standard InChI is InChI=1S/C11H22N4.HI/c1-15(2)10(9-4-5-9)8-14-11-12-6-3-7-13-11;/h9-10H,3-8H2,1-2H3,(H2,12,13,14);1H. The molecule has 0 aromatic carbocycles. The van der Waals surface area contributed by atoms with Crippen molar-refractivity contribution in [3.8, 4) is 0 Å². The molecule has 0 bridgehead atoms. The molecule has 0 aromatic heterocycles. The fourth-order valence-corrected chi connectivity index (χ4v) is 2.10. The van der Waals surface area contributed by atoms with Crippen molar-refractivity contribution >= 4 is 29.9 Å². The molecule has 2 rings (SSSR count). The van der Waals surface area contributed by atoms with E-state index in [1.807, 2.05) is 0 Å². The van der Waals surface area contributed by atoms with Crippen molar-refractivity contribution in [2.24, 2.45) is 10.9 Å². The van der Waals surface area contributed by atoms with Crippen molar-refractivity contribution in [2.75, 3.05) is 33.7 Å². The summed E-state index contributed by atoms with van der Waals surface area (Å²) in [6, 6.07) is 0.663. The summed E-state index contributed by atoms with van der Waals surface area (Å²) >= 11 is 0. The summed E-state index contributed by atoms with van der Waals surface area (Å²) in [4.78, 5) is 6.74. The smallest absolute Gasteiger partial charge is 0.191 e. The van der Waals surface area contributed by atoms with Crippen molar-refractivity contribution < 1.29 is 0 Å². The van der Waals surface area contributed by atoms with Crippen LogP contribution in [0.4, 0.5) is 0 Å². The third-order valence-corrected chi connectivity index (χ3v) is 3.21. The van der Waals surface area contributed by atoms with Crippen molar-refractivity contribution in [3.63, 3.8) is 0 Å². The zero-order chi connectivity index (χ0) is 10.7. The van der Waals surface area contributed by atoms with Crippen LogP contribution in [0.2, 0.25) is 0 Å². The summed E-state index contributed by atoms with van der Waals surface area (Å²) in [6.07, 6.45) is 3.94. The molecule has 1 aliphatic heterocycles. The fourth-order valence-electron chi connectivity index (χ4n) is 2.10. The van der Waals surface area contributed by atoms with E-state index in [0.29, 0.717) is 6.04 Å². The van der Waals surface area contributed by atoms with Gasteiger partial charge in [0.15, 0.2) is 5.96 Å². The first-order valence-electron chi connectivity index (χ1n) is 5.96. The van der Waals surface area contributed by atoms with Crippen molar-refractivity contribution in [2.45, 2.75) is 25.3 Å². The molecule has 16 heavy (non-hydrogen) atoms. The number of nitrogens with one attached hydrogen (secondary N) is 2.